The van der Waals surface area contributed by atoms with Crippen molar-refractivity contribution in [2.45, 2.75) is 109 Å². The fourth-order valence-corrected chi connectivity index (χ4v) is 30.8. The number of allylic oxidation sites excluding steroid dienone is 2. The summed E-state index contributed by atoms with van der Waals surface area (Å²) in [5.74, 6) is 0. The minimum atomic E-state index is -4.09. The van der Waals surface area contributed by atoms with E-state index in [1.165, 1.54) is 77.9 Å². The molecule has 8 rings (SSSR count). The summed E-state index contributed by atoms with van der Waals surface area (Å²) >= 11 is -4.09. The van der Waals surface area contributed by atoms with Crippen LogP contribution < -0.4 is 0 Å². The molecule has 0 heterocycles. The summed E-state index contributed by atoms with van der Waals surface area (Å²) < 4.78 is 6.43. The Labute approximate surface area is 389 Å². The summed E-state index contributed by atoms with van der Waals surface area (Å²) in [4.78, 5) is 0. The van der Waals surface area contributed by atoms with Crippen molar-refractivity contribution in [2.75, 3.05) is 0 Å². The molecule has 0 saturated carbocycles. The molecule has 6 aromatic rings. The first-order chi connectivity index (χ1) is 28.2. The number of rotatable bonds is 8. The monoisotopic (exact) mass is 952 g/mol. The molecule has 322 valence electrons. The Morgan fingerprint density at radius 1 is 0.452 bits per heavy atom. The smallest absolute Gasteiger partial charge is 0.147 e. The van der Waals surface area contributed by atoms with Crippen LogP contribution in [0.25, 0.3) is 34.4 Å². The van der Waals surface area contributed by atoms with Gasteiger partial charge in [-0.25, -0.2) is 0 Å². The molecule has 2 aliphatic carbocycles. The Balaban J connectivity index is 0.00000321. The van der Waals surface area contributed by atoms with Crippen molar-refractivity contribution in [3.8, 4) is 22.3 Å². The maximum Gasteiger partial charge on any atom is -0.147 e. The van der Waals surface area contributed by atoms with Crippen LogP contribution in [0.15, 0.2) is 132 Å². The van der Waals surface area contributed by atoms with Crippen LogP contribution in [-0.4, -0.2) is 6.88 Å². The Hall–Kier alpha value is -3.52. The van der Waals surface area contributed by atoms with Crippen LogP contribution in [-0.2, 0) is 41.1 Å². The first-order valence-electron chi connectivity index (χ1n) is 22.3. The van der Waals surface area contributed by atoms with Gasteiger partial charge in [0, 0.05) is 0 Å². The van der Waals surface area contributed by atoms with Gasteiger partial charge < -0.3 is 0 Å². The number of aryl methyl sites for hydroxylation is 4. The van der Waals surface area contributed by atoms with Crippen molar-refractivity contribution in [2.24, 2.45) is 0 Å². The van der Waals surface area contributed by atoms with Crippen molar-refractivity contribution in [3.63, 3.8) is 0 Å². The van der Waals surface area contributed by atoms with E-state index in [0.717, 1.165) is 12.8 Å². The predicted octanol–water partition coefficient (Wildman–Crippen LogP) is 16.1. The number of benzene rings is 6. The van der Waals surface area contributed by atoms with Crippen molar-refractivity contribution < 1.29 is 17.4 Å². The molecule has 0 bridgehead atoms. The second-order valence-electron chi connectivity index (χ2n) is 21.6. The molecule has 2 unspecified atom stereocenters. The van der Waals surface area contributed by atoms with E-state index in [2.05, 4.69) is 219 Å². The zero-order chi connectivity index (χ0) is 43.0. The SMILES string of the molecule is Cc1cccc(C)c1CC1=Cc2c(-c3ccc(C(C)(C)C)cc3)cccc2[CH]1[Zr]([CH3])([CH3])(=[SiH2])[CH]1C(Cc2c(C)cccc2C)=Cc2c(-c3ccc(C(C)(C)C)cc3)cccc21.Cl.Cl. The van der Waals surface area contributed by atoms with E-state index < -0.39 is 17.4 Å². The second-order valence-corrected chi connectivity index (χ2v) is 52.1. The Kier molecular flexibility index (Phi) is 13.5. The molecule has 4 heteroatoms. The summed E-state index contributed by atoms with van der Waals surface area (Å²) in [7, 11) is 0. The number of hydrogen-bond donors (Lipinski definition) is 0. The standard InChI is InChI=1S/2C28H29.2CH3.2ClH.H2Si.Zr/c2*1-19-8-6-9-20(2)26(19)17-21-16-23-10-7-11-25(27(23)18-21)22-12-14-24(15-13-22)28(3,4)5;;;;;;/h2*6-16,18H,17H2,1-5H3;2*1H3;2*1H;1H2;. The zero-order valence-corrected chi connectivity index (χ0v) is 44.8. The van der Waals surface area contributed by atoms with E-state index in [9.17, 15) is 0 Å². The van der Waals surface area contributed by atoms with E-state index in [0.29, 0.717) is 7.25 Å². The first-order valence-corrected chi connectivity index (χ1v) is 35.9. The van der Waals surface area contributed by atoms with Gasteiger partial charge in [0.15, 0.2) is 0 Å². The molecule has 62 heavy (non-hydrogen) atoms. The predicted molar refractivity (Wildman–Crippen MR) is 277 cm³/mol. The molecule has 0 saturated heterocycles. The van der Waals surface area contributed by atoms with E-state index in [1.807, 2.05) is 0 Å². The van der Waals surface area contributed by atoms with Crippen LogP contribution in [0.1, 0.15) is 116 Å². The van der Waals surface area contributed by atoms with E-state index in [4.69, 9.17) is 0 Å². The molecule has 0 aliphatic heterocycles. The van der Waals surface area contributed by atoms with Crippen LogP contribution in [0, 0.1) is 27.7 Å². The minimum Gasteiger partial charge on any atom is -0.147 e. The molecule has 0 amide bonds. The van der Waals surface area contributed by atoms with Gasteiger partial charge in [0.2, 0.25) is 0 Å². The van der Waals surface area contributed by atoms with Gasteiger partial charge in [-0.15, -0.1) is 24.8 Å². The van der Waals surface area contributed by atoms with Crippen LogP contribution in [0.2, 0.25) is 9.26 Å². The summed E-state index contributed by atoms with van der Waals surface area (Å²) in [5, 5.41) is 0. The quantitative estimate of drug-likeness (QED) is 0.133. The van der Waals surface area contributed by atoms with Gasteiger partial charge in [0.25, 0.3) is 0 Å². The summed E-state index contributed by atoms with van der Waals surface area (Å²) in [6.45, 7) is 25.6. The van der Waals surface area contributed by atoms with Gasteiger partial charge >= 0.3 is 367 Å². The van der Waals surface area contributed by atoms with Gasteiger partial charge in [-0.2, -0.15) is 0 Å². The number of hydrogen-bond acceptors (Lipinski definition) is 0. The average Bonchev–Trinajstić information content (AvgIpc) is 3.77. The molecular formula is C58H68Cl2SiZr. The molecule has 0 aromatic heterocycles. The third kappa shape index (κ3) is 8.81. The third-order valence-corrected chi connectivity index (χ3v) is 31.9. The van der Waals surface area contributed by atoms with Crippen molar-refractivity contribution in [1.82, 2.24) is 0 Å². The van der Waals surface area contributed by atoms with E-state index in [1.54, 1.807) is 22.3 Å². The molecule has 2 aliphatic rings. The molecular weight excluding hydrogens is 887 g/mol. The van der Waals surface area contributed by atoms with Crippen LogP contribution >= 0.6 is 24.8 Å². The molecule has 6 aromatic carbocycles. The van der Waals surface area contributed by atoms with Gasteiger partial charge in [-0.3, -0.25) is 0 Å². The second kappa shape index (κ2) is 17.5. The molecule has 0 spiro atoms. The third-order valence-electron chi connectivity index (χ3n) is 14.4. The van der Waals surface area contributed by atoms with Crippen molar-refractivity contribution in [1.29, 1.82) is 0 Å². The molecule has 0 N–H and O–H groups in total. The molecule has 0 radical (unpaired) electrons. The van der Waals surface area contributed by atoms with Gasteiger partial charge in [0.05, 0.1) is 0 Å². The molecule has 0 fully saturated rings. The van der Waals surface area contributed by atoms with Crippen LogP contribution in [0.3, 0.4) is 0 Å². The average molecular weight is 955 g/mol. The van der Waals surface area contributed by atoms with Crippen LogP contribution in [0.4, 0.5) is 0 Å². The largest absolute Gasteiger partial charge is 0.147 e. The number of halogens is 2. The molecule has 2 atom stereocenters. The molecule has 0 nitrogen and oxygen atoms in total. The van der Waals surface area contributed by atoms with Crippen LogP contribution in [0.5, 0.6) is 0 Å². The Bertz CT molecular complexity index is 2550. The summed E-state index contributed by atoms with van der Waals surface area (Å²) in [6, 6.07) is 47.1. The van der Waals surface area contributed by atoms with Gasteiger partial charge in [0.1, 0.15) is 0 Å². The maximum atomic E-state index is 2.83. The maximum absolute atomic E-state index is 4.09. The topological polar surface area (TPSA) is 0 Å². The summed E-state index contributed by atoms with van der Waals surface area (Å²) in [6.07, 6.45) is 7.29. The van der Waals surface area contributed by atoms with Crippen molar-refractivity contribution >= 4 is 43.8 Å². The fraction of sp³-hybridized carbons (Fsp3) is 0.310. The zero-order valence-electron chi connectivity index (χ0n) is 39.3. The summed E-state index contributed by atoms with van der Waals surface area (Å²) in [5.41, 5.74) is 26.1. The van der Waals surface area contributed by atoms with E-state index >= 15 is 0 Å². The Morgan fingerprint density at radius 2 is 0.758 bits per heavy atom. The van der Waals surface area contributed by atoms with Crippen molar-refractivity contribution in [3.05, 3.63) is 199 Å². The fourth-order valence-electron chi connectivity index (χ4n) is 11.1. The van der Waals surface area contributed by atoms with E-state index in [-0.39, 0.29) is 35.6 Å². The normalized spacial score (nSPS) is 16.1. The minimum absolute atomic E-state index is 0. The van der Waals surface area contributed by atoms with Gasteiger partial charge in [-0.1, -0.05) is 0 Å². The first kappa shape index (κ1) is 47.9. The van der Waals surface area contributed by atoms with Gasteiger partial charge in [-0.05, 0) is 0 Å². The number of fused-ring (bicyclic) bond motifs is 2. The Morgan fingerprint density at radius 3 is 1.06 bits per heavy atom.